The van der Waals surface area contributed by atoms with E-state index in [2.05, 4.69) is 15.4 Å². The van der Waals surface area contributed by atoms with E-state index in [1.54, 1.807) is 20.3 Å². The number of carbonyl (C=O) groups is 2. The van der Waals surface area contributed by atoms with Crippen molar-refractivity contribution in [1.82, 2.24) is 19.7 Å². The molecular formula is C17H19N5O3S. The number of nitrogens with one attached hydrogen (secondary N) is 1. The minimum Gasteiger partial charge on any atom is -0.479 e. The van der Waals surface area contributed by atoms with Crippen LogP contribution in [0.15, 0.2) is 24.4 Å². The minimum atomic E-state index is -0.342. The molecule has 3 aromatic rings. The Labute approximate surface area is 154 Å². The third-order valence-electron chi connectivity index (χ3n) is 3.81. The molecule has 0 bridgehead atoms. The predicted molar refractivity (Wildman–Crippen MR) is 99.7 cm³/mol. The lowest BCUT2D eigenvalue weighted by molar-refractivity contribution is -0.116. The summed E-state index contributed by atoms with van der Waals surface area (Å²) in [6.07, 6.45) is 1.56. The Bertz CT molecular complexity index is 978. The summed E-state index contributed by atoms with van der Waals surface area (Å²) in [6.45, 7) is 1.87. The smallest absolute Gasteiger partial charge is 0.261 e. The summed E-state index contributed by atoms with van der Waals surface area (Å²) in [7, 11) is 4.69. The fraction of sp³-hybridized carbons (Fsp3) is 0.294. The molecule has 0 spiro atoms. The van der Waals surface area contributed by atoms with Crippen LogP contribution in [0.25, 0.3) is 10.2 Å². The lowest BCUT2D eigenvalue weighted by Gasteiger charge is -2.15. The van der Waals surface area contributed by atoms with Gasteiger partial charge in [-0.25, -0.2) is 4.98 Å². The molecule has 0 unspecified atom stereocenters. The number of benzene rings is 1. The number of nitrogens with zero attached hydrogens (tertiary/aromatic N) is 4. The highest BCUT2D eigenvalue weighted by Gasteiger charge is 2.22. The van der Waals surface area contributed by atoms with Gasteiger partial charge in [0.1, 0.15) is 5.56 Å². The molecule has 0 saturated carbocycles. The highest BCUT2D eigenvalue weighted by Crippen LogP contribution is 2.27. The number of thiazole rings is 1. The number of fused-ring (bicyclic) bond motifs is 1. The van der Waals surface area contributed by atoms with Crippen LogP contribution in [0.5, 0.6) is 5.88 Å². The number of likely N-dealkylation sites (N-methyl/N-ethyl adjacent to an activating group) is 1. The lowest BCUT2D eigenvalue weighted by atomic mass is 10.2. The van der Waals surface area contributed by atoms with E-state index in [-0.39, 0.29) is 24.2 Å². The van der Waals surface area contributed by atoms with E-state index in [0.29, 0.717) is 10.7 Å². The predicted octanol–water partition coefficient (Wildman–Crippen LogP) is 2.06. The van der Waals surface area contributed by atoms with Gasteiger partial charge >= 0.3 is 0 Å². The van der Waals surface area contributed by atoms with E-state index >= 15 is 0 Å². The van der Waals surface area contributed by atoms with Crippen molar-refractivity contribution < 1.29 is 14.3 Å². The summed E-state index contributed by atoms with van der Waals surface area (Å²) in [5, 5.41) is 7.32. The largest absolute Gasteiger partial charge is 0.479 e. The molecule has 1 N–H and O–H groups in total. The van der Waals surface area contributed by atoms with E-state index < -0.39 is 0 Å². The van der Waals surface area contributed by atoms with Crippen LogP contribution in [0.2, 0.25) is 0 Å². The highest BCUT2D eigenvalue weighted by molar-refractivity contribution is 7.22. The summed E-state index contributed by atoms with van der Waals surface area (Å²) in [5.74, 6) is -0.433. The number of aromatic nitrogens is 3. The van der Waals surface area contributed by atoms with Crippen LogP contribution in [0.4, 0.5) is 5.13 Å². The lowest BCUT2D eigenvalue weighted by Crippen LogP contribution is -2.35. The number of hydrogen-bond donors (Lipinski definition) is 1. The Kier molecular flexibility index (Phi) is 4.90. The molecule has 2 amide bonds. The van der Waals surface area contributed by atoms with Crippen LogP contribution in [0, 0.1) is 6.92 Å². The number of rotatable bonds is 5. The SMILES string of the molecule is COc1nn(C)cc1C(=O)N(C)CC(=O)Nc1nc2c(C)cccc2s1. The summed E-state index contributed by atoms with van der Waals surface area (Å²) >= 11 is 1.40. The first kappa shape index (κ1) is 17.9. The molecular weight excluding hydrogens is 354 g/mol. The molecule has 1 aromatic carbocycles. The molecule has 3 rings (SSSR count). The van der Waals surface area contributed by atoms with Crippen molar-refractivity contribution >= 4 is 38.5 Å². The third-order valence-corrected chi connectivity index (χ3v) is 4.75. The van der Waals surface area contributed by atoms with Crippen molar-refractivity contribution in [3.05, 3.63) is 35.5 Å². The van der Waals surface area contributed by atoms with Crippen molar-refractivity contribution in [3.8, 4) is 5.88 Å². The van der Waals surface area contributed by atoms with Gasteiger partial charge in [0.25, 0.3) is 5.91 Å². The van der Waals surface area contributed by atoms with E-state index in [9.17, 15) is 9.59 Å². The topological polar surface area (TPSA) is 89.4 Å². The van der Waals surface area contributed by atoms with Crippen molar-refractivity contribution in [2.45, 2.75) is 6.92 Å². The second kappa shape index (κ2) is 7.12. The highest BCUT2D eigenvalue weighted by atomic mass is 32.1. The molecule has 0 saturated heterocycles. The van der Waals surface area contributed by atoms with E-state index in [1.165, 1.54) is 28.0 Å². The Morgan fingerprint density at radius 2 is 2.15 bits per heavy atom. The number of anilines is 1. The van der Waals surface area contributed by atoms with Crippen molar-refractivity contribution in [3.63, 3.8) is 0 Å². The van der Waals surface area contributed by atoms with Gasteiger partial charge in [0.15, 0.2) is 5.13 Å². The van der Waals surface area contributed by atoms with Gasteiger partial charge in [-0.1, -0.05) is 23.5 Å². The fourth-order valence-electron chi connectivity index (χ4n) is 2.56. The molecule has 136 valence electrons. The zero-order valence-corrected chi connectivity index (χ0v) is 15.8. The molecule has 2 heterocycles. The first-order chi connectivity index (χ1) is 12.4. The fourth-order valence-corrected chi connectivity index (χ4v) is 3.52. The first-order valence-corrected chi connectivity index (χ1v) is 8.69. The third kappa shape index (κ3) is 3.52. The molecule has 0 aliphatic carbocycles. The average molecular weight is 373 g/mol. The molecule has 0 aliphatic heterocycles. The zero-order valence-electron chi connectivity index (χ0n) is 14.9. The van der Waals surface area contributed by atoms with Gasteiger partial charge in [0.05, 0.1) is 23.9 Å². The van der Waals surface area contributed by atoms with Gasteiger partial charge in [-0.3, -0.25) is 14.3 Å². The van der Waals surface area contributed by atoms with E-state index in [1.807, 2.05) is 25.1 Å². The van der Waals surface area contributed by atoms with Crippen molar-refractivity contribution in [2.24, 2.45) is 7.05 Å². The minimum absolute atomic E-state index is 0.105. The molecule has 0 radical (unpaired) electrons. The number of methoxy groups -OCH3 is 1. The first-order valence-electron chi connectivity index (χ1n) is 7.88. The van der Waals surface area contributed by atoms with Crippen LogP contribution >= 0.6 is 11.3 Å². The molecule has 8 nitrogen and oxygen atoms in total. The molecule has 9 heteroatoms. The number of carbonyl (C=O) groups excluding carboxylic acids is 2. The monoisotopic (exact) mass is 373 g/mol. The van der Waals surface area contributed by atoms with Gasteiger partial charge < -0.3 is 15.0 Å². The van der Waals surface area contributed by atoms with Gasteiger partial charge in [0, 0.05) is 20.3 Å². The molecule has 0 aliphatic rings. The molecule has 0 fully saturated rings. The van der Waals surface area contributed by atoms with Crippen LogP contribution < -0.4 is 10.1 Å². The Morgan fingerprint density at radius 1 is 1.38 bits per heavy atom. The van der Waals surface area contributed by atoms with Crippen molar-refractivity contribution in [1.29, 1.82) is 0 Å². The number of hydrogen-bond acceptors (Lipinski definition) is 6. The van der Waals surface area contributed by atoms with Crippen LogP contribution in [0.3, 0.4) is 0 Å². The zero-order chi connectivity index (χ0) is 18.8. The molecule has 2 aromatic heterocycles. The Balaban J connectivity index is 1.68. The quantitative estimate of drug-likeness (QED) is 0.739. The van der Waals surface area contributed by atoms with Crippen LogP contribution in [-0.2, 0) is 11.8 Å². The van der Waals surface area contributed by atoms with E-state index in [0.717, 1.165) is 15.8 Å². The summed E-state index contributed by atoms with van der Waals surface area (Å²) < 4.78 is 7.59. The Hall–Kier alpha value is -2.94. The summed E-state index contributed by atoms with van der Waals surface area (Å²) in [6, 6.07) is 5.89. The maximum atomic E-state index is 12.5. The van der Waals surface area contributed by atoms with Crippen molar-refractivity contribution in [2.75, 3.05) is 26.0 Å². The number of amides is 2. The van der Waals surface area contributed by atoms with E-state index in [4.69, 9.17) is 4.74 Å². The molecule has 0 atom stereocenters. The van der Waals surface area contributed by atoms with Gasteiger partial charge in [-0.2, -0.15) is 0 Å². The van der Waals surface area contributed by atoms with Gasteiger partial charge in [-0.05, 0) is 18.6 Å². The Morgan fingerprint density at radius 3 is 2.85 bits per heavy atom. The second-order valence-corrected chi connectivity index (χ2v) is 6.91. The second-order valence-electron chi connectivity index (χ2n) is 5.88. The summed E-state index contributed by atoms with van der Waals surface area (Å²) in [5.41, 5.74) is 2.23. The van der Waals surface area contributed by atoms with Crippen LogP contribution in [-0.4, -0.2) is 52.2 Å². The normalized spacial score (nSPS) is 10.8. The summed E-state index contributed by atoms with van der Waals surface area (Å²) in [4.78, 5) is 30.6. The number of para-hydroxylation sites is 1. The maximum Gasteiger partial charge on any atom is 0.261 e. The molecule has 26 heavy (non-hydrogen) atoms. The standard InChI is InChI=1S/C17H19N5O3S/c1-10-6-5-7-12-14(10)19-17(26-12)18-13(23)9-21(2)16(24)11-8-22(3)20-15(11)25-4/h5-8H,9H2,1-4H3,(H,18,19,23). The maximum absolute atomic E-state index is 12.5. The number of aryl methyl sites for hydroxylation is 2. The van der Waals surface area contributed by atoms with Gasteiger partial charge in [-0.15, -0.1) is 5.10 Å². The van der Waals surface area contributed by atoms with Crippen LogP contribution in [0.1, 0.15) is 15.9 Å². The number of ether oxygens (including phenoxy) is 1. The van der Waals surface area contributed by atoms with Gasteiger partial charge in [0.2, 0.25) is 11.8 Å². The average Bonchev–Trinajstić information content (AvgIpc) is 3.17.